The number of para-hydroxylation sites is 5. The fourth-order valence-corrected chi connectivity index (χ4v) is 7.75. The minimum absolute atomic E-state index is 0.306. The Kier molecular flexibility index (Phi) is 2.37. The van der Waals surface area contributed by atoms with Gasteiger partial charge in [0.25, 0.3) is 0 Å². The zero-order valence-electron chi connectivity index (χ0n) is 47.2. The molecule has 0 amide bonds. The molecule has 6 aromatic carbocycles. The minimum atomic E-state index is -2.21. The molecule has 47 heavy (non-hydrogen) atoms. The number of hydrogen-bond acceptors (Lipinski definition) is 3. The van der Waals surface area contributed by atoms with Crippen LogP contribution in [0.25, 0.3) is 71.7 Å². The Morgan fingerprint density at radius 1 is 0.638 bits per heavy atom. The van der Waals surface area contributed by atoms with Crippen LogP contribution in [0.5, 0.6) is 11.5 Å². The summed E-state index contributed by atoms with van der Waals surface area (Å²) in [4.78, 5) is 0. The number of hydrogen-bond donors (Lipinski definition) is 0. The molecule has 0 N–H and O–H groups in total. The summed E-state index contributed by atoms with van der Waals surface area (Å²) in [5, 5.41) is -2.89. The molecule has 1 atom stereocenters. The molecule has 3 aliphatic rings. The number of aromatic nitrogens is 1. The van der Waals surface area contributed by atoms with Crippen molar-refractivity contribution in [3.63, 3.8) is 0 Å². The monoisotopic (exact) mass is 645 g/mol. The minimum Gasteiger partial charge on any atom is -0.546 e. The Bertz CT molecular complexity index is 4040. The molecular formula is C41H24BNO3S. The van der Waals surface area contributed by atoms with Crippen molar-refractivity contribution in [1.29, 1.82) is 0 Å². The SMILES string of the molecule is [2H]C1=C(n2c3c([2H])c([2H])c([2H])c([2H])c3c3c([2H])c([2H])c([2H])c([2H])c32)C2=S(B3Oc4c([2H])c([2H])c([2H])c([2H])c4-c4c([2H])c(-c5c([2H])c([2H])c([2H])c6c5oc5c([2H])c([2H])c([2H])c([2H])c56)c([2H])c(c43)O2)C([2H])=C1[2H]. The third-order valence-corrected chi connectivity index (χ3v) is 9.71. The van der Waals surface area contributed by atoms with Gasteiger partial charge in [0, 0.05) is 38.1 Å². The molecule has 0 bridgehead atoms. The molecule has 3 aliphatic heterocycles. The van der Waals surface area contributed by atoms with Gasteiger partial charge in [0.15, 0.2) is 5.05 Å². The van der Waals surface area contributed by atoms with Gasteiger partial charge < -0.3 is 18.4 Å². The second-order valence-electron chi connectivity index (χ2n) is 10.4. The first-order valence-electron chi connectivity index (χ1n) is 25.9. The van der Waals surface area contributed by atoms with Crippen molar-refractivity contribution >= 4 is 76.5 Å². The van der Waals surface area contributed by atoms with Gasteiger partial charge in [-0.2, -0.15) is 0 Å². The van der Waals surface area contributed by atoms with Gasteiger partial charge in [-0.05, 0) is 58.8 Å². The normalized spacial score (nSPS) is 24.0. The fourth-order valence-electron chi connectivity index (χ4n) is 6.02. The van der Waals surface area contributed by atoms with E-state index in [-0.39, 0.29) is 10.8 Å². The van der Waals surface area contributed by atoms with Gasteiger partial charge in [0.1, 0.15) is 22.7 Å². The first-order valence-corrected chi connectivity index (χ1v) is 15.1. The van der Waals surface area contributed by atoms with Crippen LogP contribution >= 0.6 is 10.3 Å². The van der Waals surface area contributed by atoms with E-state index in [1.54, 1.807) is 0 Å². The van der Waals surface area contributed by atoms with Crippen LogP contribution in [0, 0.1) is 0 Å². The molecule has 0 saturated carbocycles. The molecular weight excluding hydrogens is 597 g/mol. The van der Waals surface area contributed by atoms with Crippen molar-refractivity contribution in [3.8, 4) is 33.8 Å². The van der Waals surface area contributed by atoms with Crippen molar-refractivity contribution < 1.29 is 46.7 Å². The van der Waals surface area contributed by atoms with Crippen molar-refractivity contribution in [1.82, 2.24) is 4.57 Å². The van der Waals surface area contributed by atoms with E-state index in [4.69, 9.17) is 38.5 Å². The average Bonchev–Trinajstić information content (AvgIpc) is 3.92. The summed E-state index contributed by atoms with van der Waals surface area (Å²) >= 11 is 0. The second kappa shape index (κ2) is 9.41. The summed E-state index contributed by atoms with van der Waals surface area (Å²) in [7, 11) is -2.21. The molecule has 0 spiro atoms. The smallest absolute Gasteiger partial charge is 0.469 e. The standard InChI is InChI=1S/C41H24BNO3S/c1-5-17-33-27(11-1)28-12-2-6-18-34(28)43(33)35-19-10-22-47-41(35)45-38-24-25(23-32-30-14-4-8-21-37(30)46-42(47)39(32)38)26-15-9-16-31-29-13-3-7-20-36(29)44-40(26)31/h1-24H/i1D,2D,3D,4D,5D,6D,7D,8D,9D,10D,11D,12D,13D,14D,15D,16D,17D,18D,19D,20D,21D,22D,23D,24D. The Morgan fingerprint density at radius 3 is 2.19 bits per heavy atom. The van der Waals surface area contributed by atoms with Crippen LogP contribution in [0.4, 0.5) is 0 Å². The summed E-state index contributed by atoms with van der Waals surface area (Å²) < 4.78 is 235. The highest BCUT2D eigenvalue weighted by molar-refractivity contribution is 8.41. The summed E-state index contributed by atoms with van der Waals surface area (Å²) in [6.45, 7) is 0. The molecule has 8 aromatic rings. The highest BCUT2D eigenvalue weighted by Crippen LogP contribution is 2.47. The first-order chi connectivity index (χ1) is 33.3. The summed E-state index contributed by atoms with van der Waals surface area (Å²) in [6.07, 6.45) is -1.78. The van der Waals surface area contributed by atoms with Crippen LogP contribution in [0.1, 0.15) is 32.9 Å². The zero-order chi connectivity index (χ0) is 51.5. The van der Waals surface area contributed by atoms with Crippen LogP contribution in [-0.4, -0.2) is 15.8 Å². The van der Waals surface area contributed by atoms with Crippen LogP contribution in [0.3, 0.4) is 0 Å². The highest BCUT2D eigenvalue weighted by Gasteiger charge is 2.43. The van der Waals surface area contributed by atoms with Crippen LogP contribution < -0.4 is 14.9 Å². The van der Waals surface area contributed by atoms with Crippen molar-refractivity contribution in [2.45, 2.75) is 0 Å². The van der Waals surface area contributed by atoms with Gasteiger partial charge >= 0.3 is 6.19 Å². The predicted molar refractivity (Wildman–Crippen MR) is 197 cm³/mol. The van der Waals surface area contributed by atoms with Crippen molar-refractivity contribution in [2.24, 2.45) is 0 Å². The molecule has 0 fully saturated rings. The maximum Gasteiger partial charge on any atom is 0.469 e. The van der Waals surface area contributed by atoms with Crippen LogP contribution in [0.2, 0.25) is 0 Å². The van der Waals surface area contributed by atoms with E-state index < -0.39 is 244 Å². The Balaban J connectivity index is 1.33. The van der Waals surface area contributed by atoms with Gasteiger partial charge in [-0.1, -0.05) is 96.7 Å². The van der Waals surface area contributed by atoms with Crippen LogP contribution in [-0.2, 0) is 0 Å². The van der Waals surface area contributed by atoms with E-state index in [1.165, 1.54) is 0 Å². The second-order valence-corrected chi connectivity index (χ2v) is 12.0. The molecule has 6 heteroatoms. The summed E-state index contributed by atoms with van der Waals surface area (Å²) in [5.74, 6) is -1.24. The van der Waals surface area contributed by atoms with Gasteiger partial charge in [0.05, 0.1) is 49.6 Å². The maximum atomic E-state index is 9.91. The lowest BCUT2D eigenvalue weighted by molar-refractivity contribution is 0.560. The number of nitrogens with zero attached hydrogens (tertiary/aromatic N) is 1. The quantitative estimate of drug-likeness (QED) is 0.139. The van der Waals surface area contributed by atoms with E-state index >= 15 is 0 Å². The highest BCUT2D eigenvalue weighted by atomic mass is 32.2. The number of ether oxygens (including phenoxy) is 1. The van der Waals surface area contributed by atoms with Crippen LogP contribution in [0.15, 0.2) is 149 Å². The number of benzene rings is 6. The topological polar surface area (TPSA) is 36.5 Å². The van der Waals surface area contributed by atoms with Gasteiger partial charge in [0.2, 0.25) is 0 Å². The lowest BCUT2D eigenvalue weighted by atomic mass is 9.75. The third-order valence-electron chi connectivity index (χ3n) is 7.95. The molecule has 1 unspecified atom stereocenters. The number of fused-ring (bicyclic) bond motifs is 9. The molecule has 11 rings (SSSR count). The largest absolute Gasteiger partial charge is 0.546 e. The molecule has 0 saturated heterocycles. The summed E-state index contributed by atoms with van der Waals surface area (Å²) in [6, 6.07) is -18.1. The number of furan rings is 1. The third kappa shape index (κ3) is 3.48. The van der Waals surface area contributed by atoms with E-state index in [9.17, 15) is 8.22 Å². The summed E-state index contributed by atoms with van der Waals surface area (Å²) in [5.41, 5.74) is -5.17. The maximum absolute atomic E-state index is 9.91. The number of rotatable bonds is 2. The van der Waals surface area contributed by atoms with Gasteiger partial charge in [-0.25, -0.2) is 0 Å². The first kappa shape index (κ1) is 11.8. The van der Waals surface area contributed by atoms with E-state index in [0.717, 1.165) is 4.57 Å². The Labute approximate surface area is 306 Å². The lowest BCUT2D eigenvalue weighted by Gasteiger charge is -2.35. The fraction of sp³-hybridized carbons (Fsp3) is 0. The molecule has 2 aromatic heterocycles. The van der Waals surface area contributed by atoms with Gasteiger partial charge in [-0.3, -0.25) is 0 Å². The van der Waals surface area contributed by atoms with Crippen molar-refractivity contribution in [3.05, 3.63) is 144 Å². The number of allylic oxidation sites excluding steroid dienone is 2. The molecule has 220 valence electrons. The average molecular weight is 646 g/mol. The van der Waals surface area contributed by atoms with E-state index in [2.05, 4.69) is 0 Å². The molecule has 0 radical (unpaired) electrons. The Hall–Kier alpha value is -5.72. The van der Waals surface area contributed by atoms with Gasteiger partial charge in [-0.15, -0.1) is 10.3 Å². The molecule has 5 heterocycles. The van der Waals surface area contributed by atoms with E-state index in [0.29, 0.717) is 0 Å². The lowest BCUT2D eigenvalue weighted by Crippen LogP contribution is -2.45. The van der Waals surface area contributed by atoms with E-state index in [1.807, 2.05) is 0 Å². The zero-order valence-corrected chi connectivity index (χ0v) is 24.0. The predicted octanol–water partition coefficient (Wildman–Crippen LogP) is 9.98. The molecule has 4 nitrogen and oxygen atoms in total. The van der Waals surface area contributed by atoms with Crippen molar-refractivity contribution in [2.75, 3.05) is 0 Å². The molecule has 0 aliphatic carbocycles. The Morgan fingerprint density at radius 2 is 1.34 bits per heavy atom.